The summed E-state index contributed by atoms with van der Waals surface area (Å²) in [6, 6.07) is 9.92. The molecule has 1 aromatic carbocycles. The third-order valence-electron chi connectivity index (χ3n) is 4.94. The Balaban J connectivity index is 2.45. The maximum atomic E-state index is 13.2. The molecule has 2 aromatic heterocycles. The van der Waals surface area contributed by atoms with Gasteiger partial charge in [0.15, 0.2) is 6.10 Å². The molecule has 1 atom stereocenters. The molecule has 0 aliphatic carbocycles. The molecule has 3 aromatic rings. The average molecular weight is 396 g/mol. The van der Waals surface area contributed by atoms with Crippen LogP contribution in [-0.2, 0) is 28.4 Å². The Morgan fingerprint density at radius 1 is 1.07 bits per heavy atom. The normalized spacial score (nSPS) is 12.9. The summed E-state index contributed by atoms with van der Waals surface area (Å²) in [5.74, 6) is -0.543. The zero-order chi connectivity index (χ0) is 21.5. The fourth-order valence-corrected chi connectivity index (χ4v) is 3.58. The fraction of sp³-hybridized carbons (Fsp3) is 0.391. The van der Waals surface area contributed by atoms with Crippen molar-refractivity contribution in [2.75, 3.05) is 7.11 Å². The summed E-state index contributed by atoms with van der Waals surface area (Å²) in [7, 11) is 4.83. The first kappa shape index (κ1) is 20.9. The van der Waals surface area contributed by atoms with Gasteiger partial charge in [0, 0.05) is 31.2 Å². The fourth-order valence-electron chi connectivity index (χ4n) is 3.58. The molecule has 6 nitrogen and oxygen atoms in total. The van der Waals surface area contributed by atoms with E-state index in [-0.39, 0.29) is 5.56 Å². The number of methoxy groups -OCH3 is 1. The van der Waals surface area contributed by atoms with Crippen LogP contribution in [0.4, 0.5) is 0 Å². The van der Waals surface area contributed by atoms with Gasteiger partial charge in [-0.3, -0.25) is 4.79 Å². The Morgan fingerprint density at radius 3 is 2.24 bits per heavy atom. The van der Waals surface area contributed by atoms with Crippen LogP contribution in [0.25, 0.3) is 22.0 Å². The number of benzene rings is 1. The van der Waals surface area contributed by atoms with Gasteiger partial charge in [-0.1, -0.05) is 29.8 Å². The van der Waals surface area contributed by atoms with Crippen LogP contribution < -0.4 is 5.56 Å². The number of aryl methyl sites for hydroxylation is 2. The van der Waals surface area contributed by atoms with Gasteiger partial charge in [0.25, 0.3) is 5.56 Å². The zero-order valence-electron chi connectivity index (χ0n) is 18.1. The molecule has 1 unspecified atom stereocenters. The second kappa shape index (κ2) is 7.52. The minimum absolute atomic E-state index is 0.190. The molecule has 29 heavy (non-hydrogen) atoms. The molecule has 154 valence electrons. The smallest absolute Gasteiger partial charge is 0.341 e. The van der Waals surface area contributed by atoms with Crippen LogP contribution >= 0.6 is 0 Å². The summed E-state index contributed by atoms with van der Waals surface area (Å²) < 4.78 is 14.5. The number of fused-ring (bicyclic) bond motifs is 1. The van der Waals surface area contributed by atoms with Crippen LogP contribution in [0.1, 0.15) is 38.1 Å². The van der Waals surface area contributed by atoms with Crippen molar-refractivity contribution in [3.05, 3.63) is 58.1 Å². The maximum Gasteiger partial charge on any atom is 0.341 e. The highest BCUT2D eigenvalue weighted by atomic mass is 16.6. The second-order valence-corrected chi connectivity index (χ2v) is 8.31. The lowest BCUT2D eigenvalue weighted by atomic mass is 9.95. The van der Waals surface area contributed by atoms with E-state index in [4.69, 9.17) is 9.47 Å². The number of carbonyl (C=O) groups is 1. The monoisotopic (exact) mass is 396 g/mol. The van der Waals surface area contributed by atoms with Crippen molar-refractivity contribution in [1.82, 2.24) is 9.13 Å². The van der Waals surface area contributed by atoms with E-state index < -0.39 is 17.7 Å². The number of ether oxygens (including phenoxy) is 2. The number of carbonyl (C=O) groups excluding carboxylic acids is 1. The Bertz CT molecular complexity index is 1110. The lowest BCUT2D eigenvalue weighted by Crippen LogP contribution is -2.33. The number of pyridine rings is 1. The molecule has 0 saturated carbocycles. The van der Waals surface area contributed by atoms with Crippen molar-refractivity contribution >= 4 is 16.9 Å². The van der Waals surface area contributed by atoms with E-state index in [2.05, 4.69) is 0 Å². The molecule has 0 amide bonds. The summed E-state index contributed by atoms with van der Waals surface area (Å²) in [6.07, 6.45) is 0.810. The van der Waals surface area contributed by atoms with Crippen LogP contribution in [0.5, 0.6) is 0 Å². The topological polar surface area (TPSA) is 62.5 Å². The molecule has 2 heterocycles. The van der Waals surface area contributed by atoms with Gasteiger partial charge in [-0.05, 0) is 39.3 Å². The van der Waals surface area contributed by atoms with Crippen LogP contribution in [0.2, 0.25) is 0 Å². The van der Waals surface area contributed by atoms with Crippen LogP contribution in [-0.4, -0.2) is 27.8 Å². The Hall–Kier alpha value is -2.86. The van der Waals surface area contributed by atoms with Crippen molar-refractivity contribution in [1.29, 1.82) is 0 Å². The summed E-state index contributed by atoms with van der Waals surface area (Å²) in [5.41, 5.74) is 3.08. The van der Waals surface area contributed by atoms with Crippen LogP contribution in [0.3, 0.4) is 0 Å². The van der Waals surface area contributed by atoms with Gasteiger partial charge in [-0.25, -0.2) is 4.79 Å². The zero-order valence-corrected chi connectivity index (χ0v) is 18.1. The summed E-state index contributed by atoms with van der Waals surface area (Å²) in [4.78, 5) is 25.9. The largest absolute Gasteiger partial charge is 0.467 e. The molecule has 0 N–H and O–H groups in total. The molecule has 0 fully saturated rings. The Labute approximate surface area is 170 Å². The van der Waals surface area contributed by atoms with E-state index in [0.29, 0.717) is 11.2 Å². The van der Waals surface area contributed by atoms with E-state index in [1.165, 1.54) is 11.7 Å². The highest BCUT2D eigenvalue weighted by Crippen LogP contribution is 2.37. The summed E-state index contributed by atoms with van der Waals surface area (Å²) in [5, 5.41) is 0.779. The van der Waals surface area contributed by atoms with E-state index in [1.54, 1.807) is 11.6 Å². The maximum absolute atomic E-state index is 13.2. The van der Waals surface area contributed by atoms with Gasteiger partial charge in [0.1, 0.15) is 5.52 Å². The van der Waals surface area contributed by atoms with E-state index in [1.807, 2.05) is 71.3 Å². The van der Waals surface area contributed by atoms with Gasteiger partial charge >= 0.3 is 5.97 Å². The molecular weight excluding hydrogens is 368 g/mol. The summed E-state index contributed by atoms with van der Waals surface area (Å²) in [6.45, 7) is 7.62. The van der Waals surface area contributed by atoms with Crippen LogP contribution in [0.15, 0.2) is 41.3 Å². The molecule has 0 bridgehead atoms. The third-order valence-corrected chi connectivity index (χ3v) is 4.94. The van der Waals surface area contributed by atoms with Crippen molar-refractivity contribution in [3.63, 3.8) is 0 Å². The number of rotatable bonds is 4. The van der Waals surface area contributed by atoms with E-state index in [9.17, 15) is 9.59 Å². The number of hydrogen-bond donors (Lipinski definition) is 0. The molecule has 0 spiro atoms. The van der Waals surface area contributed by atoms with Crippen LogP contribution in [0, 0.1) is 6.92 Å². The van der Waals surface area contributed by atoms with Gasteiger partial charge in [-0.15, -0.1) is 0 Å². The Kier molecular flexibility index (Phi) is 5.41. The molecule has 0 radical (unpaired) electrons. The molecule has 0 aliphatic rings. The van der Waals surface area contributed by atoms with Gasteiger partial charge < -0.3 is 18.6 Å². The van der Waals surface area contributed by atoms with Gasteiger partial charge in [-0.2, -0.15) is 0 Å². The average Bonchev–Trinajstić information content (AvgIpc) is 3.04. The quantitative estimate of drug-likeness (QED) is 0.628. The standard InChI is InChI=1S/C23H28N2O4/c1-14-8-10-15(11-9-14)17-16-12-13-24(5)18(16)21(26)25(6)19(17)20(22(27)28-7)29-23(2,3)4/h8-13,20H,1-7H3. The minimum atomic E-state index is -1.04. The first-order chi connectivity index (χ1) is 13.5. The first-order valence-corrected chi connectivity index (χ1v) is 9.55. The lowest BCUT2D eigenvalue weighted by Gasteiger charge is -2.29. The SMILES string of the molecule is COC(=O)C(OC(C)(C)C)c1c(-c2ccc(C)cc2)c2ccn(C)c2c(=O)n1C. The van der Waals surface area contributed by atoms with Crippen molar-refractivity contribution < 1.29 is 14.3 Å². The number of aromatic nitrogens is 2. The number of nitrogens with zero attached hydrogens (tertiary/aromatic N) is 2. The highest BCUT2D eigenvalue weighted by molar-refractivity contribution is 5.98. The predicted molar refractivity (Wildman–Crippen MR) is 114 cm³/mol. The van der Waals surface area contributed by atoms with Crippen molar-refractivity contribution in [3.8, 4) is 11.1 Å². The minimum Gasteiger partial charge on any atom is -0.467 e. The molecule has 6 heteroatoms. The number of esters is 1. The third kappa shape index (κ3) is 3.85. The van der Waals surface area contributed by atoms with Crippen molar-refractivity contribution in [2.45, 2.75) is 39.4 Å². The van der Waals surface area contributed by atoms with E-state index in [0.717, 1.165) is 22.1 Å². The Morgan fingerprint density at radius 2 is 1.69 bits per heavy atom. The molecule has 3 rings (SSSR count). The second-order valence-electron chi connectivity index (χ2n) is 8.31. The molecular formula is C23H28N2O4. The van der Waals surface area contributed by atoms with E-state index >= 15 is 0 Å². The molecule has 0 saturated heterocycles. The van der Waals surface area contributed by atoms with Crippen molar-refractivity contribution in [2.24, 2.45) is 14.1 Å². The summed E-state index contributed by atoms with van der Waals surface area (Å²) >= 11 is 0. The van der Waals surface area contributed by atoms with Gasteiger partial charge in [0.2, 0.25) is 0 Å². The highest BCUT2D eigenvalue weighted by Gasteiger charge is 2.34. The lowest BCUT2D eigenvalue weighted by molar-refractivity contribution is -0.165. The first-order valence-electron chi connectivity index (χ1n) is 9.55. The molecule has 0 aliphatic heterocycles. The van der Waals surface area contributed by atoms with Gasteiger partial charge in [0.05, 0.1) is 18.4 Å². The number of hydrogen-bond acceptors (Lipinski definition) is 4. The predicted octanol–water partition coefficient (Wildman–Crippen LogP) is 3.88.